The van der Waals surface area contributed by atoms with E-state index in [1.807, 2.05) is 0 Å². The van der Waals surface area contributed by atoms with Crippen LogP contribution in [0.15, 0.2) is 36.4 Å². The summed E-state index contributed by atoms with van der Waals surface area (Å²) in [5.74, 6) is -2.43. The summed E-state index contributed by atoms with van der Waals surface area (Å²) >= 11 is 0. The van der Waals surface area contributed by atoms with Gasteiger partial charge in [-0.15, -0.1) is 0 Å². The molecule has 1 unspecified atom stereocenters. The van der Waals surface area contributed by atoms with Crippen molar-refractivity contribution in [3.63, 3.8) is 0 Å². The molecule has 2 aliphatic rings. The van der Waals surface area contributed by atoms with E-state index >= 15 is 0 Å². The summed E-state index contributed by atoms with van der Waals surface area (Å²) in [6, 6.07) is 10.1. The Hall–Kier alpha value is -3.37. The number of nitrogens with zero attached hydrogens (tertiary/aromatic N) is 2. The molecular formula is C23H25F4N5O2. The normalized spacial score (nSPS) is 19.1. The molecule has 4 rings (SSSR count). The van der Waals surface area contributed by atoms with E-state index in [1.54, 1.807) is 35.2 Å². The van der Waals surface area contributed by atoms with Crippen molar-refractivity contribution in [2.24, 2.45) is 11.8 Å². The zero-order valence-corrected chi connectivity index (χ0v) is 18.3. The van der Waals surface area contributed by atoms with Gasteiger partial charge in [-0.05, 0) is 42.7 Å². The van der Waals surface area contributed by atoms with Gasteiger partial charge < -0.3 is 20.9 Å². The van der Waals surface area contributed by atoms with E-state index in [4.69, 9.17) is 0 Å². The third kappa shape index (κ3) is 5.75. The first kappa shape index (κ1) is 23.8. The number of benzene rings is 1. The second-order valence-electron chi connectivity index (χ2n) is 8.56. The molecule has 0 spiro atoms. The number of pyridine rings is 1. The Morgan fingerprint density at radius 2 is 1.82 bits per heavy atom. The monoisotopic (exact) mass is 479 g/mol. The highest BCUT2D eigenvalue weighted by Gasteiger charge is 2.41. The van der Waals surface area contributed by atoms with E-state index in [0.717, 1.165) is 5.56 Å². The number of hydrogen-bond acceptors (Lipinski definition) is 5. The topological polar surface area (TPSA) is 86.4 Å². The Balaban J connectivity index is 1.30. The predicted octanol–water partition coefficient (Wildman–Crippen LogP) is 3.50. The Bertz CT molecular complexity index is 1040. The van der Waals surface area contributed by atoms with Gasteiger partial charge in [-0.3, -0.25) is 9.59 Å². The number of halogens is 4. The molecule has 2 saturated heterocycles. The SMILES string of the molecule is O=C1CC(C(=O)NCc2ccc(Nc3ccc(N4CCC(C(F)(F)F)CC4)nc3F)cc2)CN1. The van der Waals surface area contributed by atoms with Gasteiger partial charge in [0.1, 0.15) is 5.82 Å². The molecule has 2 aromatic rings. The maximum atomic E-state index is 14.6. The van der Waals surface area contributed by atoms with E-state index < -0.39 is 18.0 Å². The van der Waals surface area contributed by atoms with Crippen LogP contribution in [0.5, 0.6) is 0 Å². The zero-order valence-electron chi connectivity index (χ0n) is 18.3. The largest absolute Gasteiger partial charge is 0.391 e. The highest BCUT2D eigenvalue weighted by Crippen LogP contribution is 2.35. The van der Waals surface area contributed by atoms with Crippen molar-refractivity contribution in [2.75, 3.05) is 29.9 Å². The van der Waals surface area contributed by atoms with E-state index in [2.05, 4.69) is 20.9 Å². The van der Waals surface area contributed by atoms with Crippen LogP contribution in [0.2, 0.25) is 0 Å². The van der Waals surface area contributed by atoms with Crippen molar-refractivity contribution < 1.29 is 27.2 Å². The van der Waals surface area contributed by atoms with Gasteiger partial charge in [0, 0.05) is 38.3 Å². The molecule has 2 amide bonds. The third-order valence-electron chi connectivity index (χ3n) is 6.16. The lowest BCUT2D eigenvalue weighted by Crippen LogP contribution is -2.39. The van der Waals surface area contributed by atoms with Crippen molar-refractivity contribution in [1.29, 1.82) is 0 Å². The van der Waals surface area contributed by atoms with Crippen LogP contribution in [0.3, 0.4) is 0 Å². The lowest BCUT2D eigenvalue weighted by atomic mass is 9.96. The van der Waals surface area contributed by atoms with Crippen molar-refractivity contribution in [3.05, 3.63) is 47.9 Å². The fraction of sp³-hybridized carbons (Fsp3) is 0.435. The summed E-state index contributed by atoms with van der Waals surface area (Å²) in [4.78, 5) is 28.9. The Morgan fingerprint density at radius 1 is 1.12 bits per heavy atom. The van der Waals surface area contributed by atoms with E-state index in [9.17, 15) is 27.2 Å². The van der Waals surface area contributed by atoms with E-state index in [-0.39, 0.29) is 55.8 Å². The number of amides is 2. The molecule has 11 heteroatoms. The van der Waals surface area contributed by atoms with Gasteiger partial charge in [-0.2, -0.15) is 17.6 Å². The molecule has 0 aliphatic carbocycles. The minimum atomic E-state index is -4.20. The highest BCUT2D eigenvalue weighted by atomic mass is 19.4. The van der Waals surface area contributed by atoms with Crippen LogP contribution in [0.1, 0.15) is 24.8 Å². The van der Waals surface area contributed by atoms with E-state index in [0.29, 0.717) is 24.6 Å². The van der Waals surface area contributed by atoms with Crippen LogP contribution in [0.4, 0.5) is 34.8 Å². The maximum absolute atomic E-state index is 14.6. The molecule has 182 valence electrons. The molecular weight excluding hydrogens is 454 g/mol. The van der Waals surface area contributed by atoms with Crippen molar-refractivity contribution >= 4 is 29.0 Å². The number of aromatic nitrogens is 1. The smallest absolute Gasteiger partial charge is 0.356 e. The van der Waals surface area contributed by atoms with Crippen molar-refractivity contribution in [3.8, 4) is 0 Å². The number of hydrogen-bond donors (Lipinski definition) is 3. The summed E-state index contributed by atoms with van der Waals surface area (Å²) in [5, 5.41) is 8.36. The number of piperidine rings is 1. The summed E-state index contributed by atoms with van der Waals surface area (Å²) in [7, 11) is 0. The second-order valence-corrected chi connectivity index (χ2v) is 8.56. The molecule has 0 saturated carbocycles. The molecule has 7 nitrogen and oxygen atoms in total. The summed E-state index contributed by atoms with van der Waals surface area (Å²) in [5.41, 5.74) is 1.60. The highest BCUT2D eigenvalue weighted by molar-refractivity contribution is 5.89. The van der Waals surface area contributed by atoms with Crippen LogP contribution in [0.25, 0.3) is 0 Å². The lowest BCUT2D eigenvalue weighted by Gasteiger charge is -2.33. The number of nitrogens with one attached hydrogen (secondary N) is 3. The lowest BCUT2D eigenvalue weighted by molar-refractivity contribution is -0.179. The van der Waals surface area contributed by atoms with Crippen LogP contribution in [-0.2, 0) is 16.1 Å². The molecule has 2 fully saturated rings. The average Bonchev–Trinajstić information content (AvgIpc) is 3.25. The first-order valence-electron chi connectivity index (χ1n) is 11.1. The second kappa shape index (κ2) is 9.86. The van der Waals surface area contributed by atoms with Gasteiger partial charge >= 0.3 is 6.18 Å². The van der Waals surface area contributed by atoms with Gasteiger partial charge in [0.15, 0.2) is 0 Å². The summed E-state index contributed by atoms with van der Waals surface area (Å²) in [6.45, 7) is 1.00. The average molecular weight is 479 g/mol. The molecule has 0 bridgehead atoms. The molecule has 1 atom stereocenters. The number of anilines is 3. The molecule has 2 aliphatic heterocycles. The Morgan fingerprint density at radius 3 is 2.41 bits per heavy atom. The van der Waals surface area contributed by atoms with Crippen molar-refractivity contribution in [1.82, 2.24) is 15.6 Å². The van der Waals surface area contributed by atoms with Gasteiger partial charge in [0.2, 0.25) is 17.8 Å². The van der Waals surface area contributed by atoms with E-state index in [1.165, 1.54) is 6.07 Å². The van der Waals surface area contributed by atoms with Gasteiger partial charge in [0.05, 0.1) is 17.5 Å². The number of rotatable bonds is 6. The molecule has 34 heavy (non-hydrogen) atoms. The molecule has 3 N–H and O–H groups in total. The van der Waals surface area contributed by atoms with Gasteiger partial charge in [-0.1, -0.05) is 12.1 Å². The fourth-order valence-corrected chi connectivity index (χ4v) is 4.12. The predicted molar refractivity (Wildman–Crippen MR) is 118 cm³/mol. The Labute approximate surface area is 193 Å². The van der Waals surface area contributed by atoms with Crippen LogP contribution in [-0.4, -0.2) is 42.6 Å². The fourth-order valence-electron chi connectivity index (χ4n) is 4.12. The number of carbonyl (C=O) groups excluding carboxylic acids is 2. The molecule has 1 aromatic carbocycles. The standard InChI is InChI=1S/C23H25F4N5O2/c24-21-18(5-6-19(31-21)32-9-7-16(8-10-32)23(25,26)27)30-17-3-1-14(2-4-17)12-29-22(34)15-11-20(33)28-13-15/h1-6,15-16,30H,7-13H2,(H,28,33)(H,29,34). The van der Waals surface area contributed by atoms with Crippen LogP contribution >= 0.6 is 0 Å². The van der Waals surface area contributed by atoms with Gasteiger partial charge in [-0.25, -0.2) is 4.98 Å². The van der Waals surface area contributed by atoms with Crippen LogP contribution < -0.4 is 20.9 Å². The minimum absolute atomic E-state index is 0.0325. The zero-order chi connectivity index (χ0) is 24.3. The first-order chi connectivity index (χ1) is 16.2. The Kier molecular flexibility index (Phi) is 6.90. The summed E-state index contributed by atoms with van der Waals surface area (Å²) < 4.78 is 53.1. The molecule has 1 aromatic heterocycles. The quantitative estimate of drug-likeness (QED) is 0.436. The minimum Gasteiger partial charge on any atom is -0.356 e. The number of carbonyl (C=O) groups is 2. The molecule has 3 heterocycles. The number of alkyl halides is 3. The first-order valence-corrected chi connectivity index (χ1v) is 11.1. The summed E-state index contributed by atoms with van der Waals surface area (Å²) in [6.07, 6.45) is -4.07. The third-order valence-corrected chi connectivity index (χ3v) is 6.16. The van der Waals surface area contributed by atoms with Gasteiger partial charge in [0.25, 0.3) is 0 Å². The van der Waals surface area contributed by atoms with Crippen LogP contribution in [0, 0.1) is 17.8 Å². The van der Waals surface area contributed by atoms with Crippen molar-refractivity contribution in [2.45, 2.75) is 32.0 Å². The maximum Gasteiger partial charge on any atom is 0.391 e. The molecule has 0 radical (unpaired) electrons.